The normalized spacial score (nSPS) is 18.3. The summed E-state index contributed by atoms with van der Waals surface area (Å²) in [5, 5.41) is 5.89. The number of carbonyl (C=O) groups excluding carboxylic acids is 1. The van der Waals surface area contributed by atoms with E-state index in [0.717, 1.165) is 19.6 Å². The van der Waals surface area contributed by atoms with Gasteiger partial charge in [-0.1, -0.05) is 13.8 Å². The Kier molecular flexibility index (Phi) is 4.89. The molecular formula is C14H22N4O2. The highest BCUT2D eigenvalue weighted by Gasteiger charge is 2.19. The Balaban J connectivity index is 2.08. The topological polar surface area (TPSA) is 76.1 Å². The molecule has 0 radical (unpaired) electrons. The molecule has 0 spiro atoms. The lowest BCUT2D eigenvalue weighted by atomic mass is 10.1. The summed E-state index contributed by atoms with van der Waals surface area (Å²) in [5.41, 5.74) is 1.06. The molecule has 6 nitrogen and oxygen atoms in total. The third-order valence-corrected chi connectivity index (χ3v) is 3.38. The molecule has 1 aromatic heterocycles. The molecule has 1 aliphatic rings. The third kappa shape index (κ3) is 3.45. The predicted molar refractivity (Wildman–Crippen MR) is 76.9 cm³/mol. The van der Waals surface area contributed by atoms with Gasteiger partial charge in [-0.05, 0) is 6.42 Å². The monoisotopic (exact) mass is 278 g/mol. The van der Waals surface area contributed by atoms with Gasteiger partial charge in [0.15, 0.2) is 5.69 Å². The number of anilines is 1. The van der Waals surface area contributed by atoms with E-state index in [1.165, 1.54) is 0 Å². The first-order valence-corrected chi connectivity index (χ1v) is 7.02. The van der Waals surface area contributed by atoms with Crippen LogP contribution in [0.3, 0.4) is 0 Å². The van der Waals surface area contributed by atoms with Crippen molar-refractivity contribution in [2.75, 3.05) is 32.1 Å². The van der Waals surface area contributed by atoms with Crippen LogP contribution in [0.5, 0.6) is 0 Å². The molecule has 1 amide bonds. The van der Waals surface area contributed by atoms with Crippen LogP contribution in [0.15, 0.2) is 6.20 Å². The zero-order chi connectivity index (χ0) is 14.5. The Morgan fingerprint density at radius 3 is 2.95 bits per heavy atom. The largest absolute Gasteiger partial charge is 0.385 e. The summed E-state index contributed by atoms with van der Waals surface area (Å²) in [6, 6.07) is 0. The lowest BCUT2D eigenvalue weighted by Crippen LogP contribution is -2.31. The number of nitrogens with one attached hydrogen (secondary N) is 2. The van der Waals surface area contributed by atoms with E-state index in [1.807, 2.05) is 13.8 Å². The molecule has 20 heavy (non-hydrogen) atoms. The van der Waals surface area contributed by atoms with E-state index in [-0.39, 0.29) is 11.8 Å². The van der Waals surface area contributed by atoms with Gasteiger partial charge in [0.05, 0.1) is 18.5 Å². The standard InChI is InChI=1S/C14H22N4O2/c1-9(2)13-16-7-11(15-3)12(18-13)14(19)17-6-10-4-5-20-8-10/h7,9-10,15H,4-6,8H2,1-3H3,(H,17,19). The van der Waals surface area contributed by atoms with Crippen LogP contribution >= 0.6 is 0 Å². The second kappa shape index (κ2) is 6.65. The lowest BCUT2D eigenvalue weighted by Gasteiger charge is -2.13. The summed E-state index contributed by atoms with van der Waals surface area (Å²) < 4.78 is 5.30. The maximum Gasteiger partial charge on any atom is 0.272 e. The van der Waals surface area contributed by atoms with Crippen LogP contribution < -0.4 is 10.6 Å². The zero-order valence-electron chi connectivity index (χ0n) is 12.3. The molecule has 1 fully saturated rings. The van der Waals surface area contributed by atoms with Crippen LogP contribution in [-0.2, 0) is 4.74 Å². The Labute approximate surface area is 119 Å². The van der Waals surface area contributed by atoms with Crippen molar-refractivity contribution in [1.29, 1.82) is 0 Å². The number of rotatable bonds is 5. The summed E-state index contributed by atoms with van der Waals surface area (Å²) in [5.74, 6) is 1.11. The predicted octanol–water partition coefficient (Wildman–Crippen LogP) is 1.41. The summed E-state index contributed by atoms with van der Waals surface area (Å²) in [6.07, 6.45) is 2.66. The number of aromatic nitrogens is 2. The highest BCUT2D eigenvalue weighted by atomic mass is 16.5. The van der Waals surface area contributed by atoms with Crippen molar-refractivity contribution in [3.63, 3.8) is 0 Å². The molecule has 0 aliphatic carbocycles. The van der Waals surface area contributed by atoms with Crippen LogP contribution in [0, 0.1) is 5.92 Å². The second-order valence-electron chi connectivity index (χ2n) is 5.33. The van der Waals surface area contributed by atoms with E-state index in [2.05, 4.69) is 20.6 Å². The van der Waals surface area contributed by atoms with Crippen LogP contribution in [0.4, 0.5) is 5.69 Å². The van der Waals surface area contributed by atoms with Crippen molar-refractivity contribution in [3.8, 4) is 0 Å². The third-order valence-electron chi connectivity index (χ3n) is 3.38. The first-order valence-electron chi connectivity index (χ1n) is 7.02. The molecule has 2 rings (SSSR count). The highest BCUT2D eigenvalue weighted by molar-refractivity contribution is 5.97. The molecule has 1 unspecified atom stereocenters. The van der Waals surface area contributed by atoms with Crippen molar-refractivity contribution in [1.82, 2.24) is 15.3 Å². The molecule has 2 heterocycles. The second-order valence-corrected chi connectivity index (χ2v) is 5.33. The first kappa shape index (κ1) is 14.7. The van der Waals surface area contributed by atoms with Gasteiger partial charge >= 0.3 is 0 Å². The SMILES string of the molecule is CNc1cnc(C(C)C)nc1C(=O)NCC1CCOC1. The fourth-order valence-electron chi connectivity index (χ4n) is 2.09. The van der Waals surface area contributed by atoms with Crippen molar-refractivity contribution in [2.45, 2.75) is 26.2 Å². The minimum absolute atomic E-state index is 0.162. The fourth-order valence-corrected chi connectivity index (χ4v) is 2.09. The van der Waals surface area contributed by atoms with Gasteiger partial charge in [0, 0.05) is 32.0 Å². The van der Waals surface area contributed by atoms with Crippen LogP contribution in [0.1, 0.15) is 42.5 Å². The fraction of sp³-hybridized carbons (Fsp3) is 0.643. The number of hydrogen-bond donors (Lipinski definition) is 2. The average Bonchev–Trinajstić information content (AvgIpc) is 2.97. The van der Waals surface area contributed by atoms with Gasteiger partial charge in [-0.2, -0.15) is 0 Å². The maximum absolute atomic E-state index is 12.3. The first-order chi connectivity index (χ1) is 9.61. The van der Waals surface area contributed by atoms with Gasteiger partial charge in [-0.15, -0.1) is 0 Å². The van der Waals surface area contributed by atoms with E-state index >= 15 is 0 Å². The number of carbonyl (C=O) groups is 1. The van der Waals surface area contributed by atoms with Crippen molar-refractivity contribution < 1.29 is 9.53 Å². The molecule has 6 heteroatoms. The van der Waals surface area contributed by atoms with Gasteiger partial charge in [0.2, 0.25) is 0 Å². The van der Waals surface area contributed by atoms with E-state index in [9.17, 15) is 4.79 Å². The van der Waals surface area contributed by atoms with Gasteiger partial charge in [-0.25, -0.2) is 9.97 Å². The minimum atomic E-state index is -0.162. The Hall–Kier alpha value is -1.69. The molecule has 1 aromatic rings. The maximum atomic E-state index is 12.3. The molecule has 2 N–H and O–H groups in total. The summed E-state index contributed by atoms with van der Waals surface area (Å²) in [4.78, 5) is 20.9. The van der Waals surface area contributed by atoms with E-state index in [1.54, 1.807) is 13.2 Å². The quantitative estimate of drug-likeness (QED) is 0.851. The highest BCUT2D eigenvalue weighted by Crippen LogP contribution is 2.16. The van der Waals surface area contributed by atoms with Gasteiger partial charge in [-0.3, -0.25) is 4.79 Å². The van der Waals surface area contributed by atoms with E-state index < -0.39 is 0 Å². The van der Waals surface area contributed by atoms with Crippen LogP contribution in [-0.4, -0.2) is 42.7 Å². The van der Waals surface area contributed by atoms with Crippen LogP contribution in [0.25, 0.3) is 0 Å². The van der Waals surface area contributed by atoms with Crippen LogP contribution in [0.2, 0.25) is 0 Å². The van der Waals surface area contributed by atoms with Crippen molar-refractivity contribution >= 4 is 11.6 Å². The molecule has 1 saturated heterocycles. The number of ether oxygens (including phenoxy) is 1. The zero-order valence-corrected chi connectivity index (χ0v) is 12.3. The Bertz CT molecular complexity index is 470. The number of nitrogens with zero attached hydrogens (tertiary/aromatic N) is 2. The smallest absolute Gasteiger partial charge is 0.272 e. The molecule has 110 valence electrons. The van der Waals surface area contributed by atoms with Crippen molar-refractivity contribution in [3.05, 3.63) is 17.7 Å². The molecular weight excluding hydrogens is 256 g/mol. The van der Waals surface area contributed by atoms with E-state index in [0.29, 0.717) is 29.7 Å². The Morgan fingerprint density at radius 2 is 2.35 bits per heavy atom. The molecule has 0 saturated carbocycles. The van der Waals surface area contributed by atoms with Gasteiger partial charge in [0.1, 0.15) is 5.82 Å². The van der Waals surface area contributed by atoms with Crippen molar-refractivity contribution in [2.24, 2.45) is 5.92 Å². The van der Waals surface area contributed by atoms with E-state index in [4.69, 9.17) is 4.74 Å². The van der Waals surface area contributed by atoms with Gasteiger partial charge < -0.3 is 15.4 Å². The summed E-state index contributed by atoms with van der Waals surface area (Å²) in [6.45, 7) is 6.15. The Morgan fingerprint density at radius 1 is 1.55 bits per heavy atom. The molecule has 1 atom stereocenters. The molecule has 1 aliphatic heterocycles. The lowest BCUT2D eigenvalue weighted by molar-refractivity contribution is 0.0940. The molecule has 0 aromatic carbocycles. The number of amides is 1. The van der Waals surface area contributed by atoms with Gasteiger partial charge in [0.25, 0.3) is 5.91 Å². The minimum Gasteiger partial charge on any atom is -0.385 e. The average molecular weight is 278 g/mol. The molecule has 0 bridgehead atoms. The summed E-state index contributed by atoms with van der Waals surface area (Å²) >= 11 is 0. The number of hydrogen-bond acceptors (Lipinski definition) is 5. The summed E-state index contributed by atoms with van der Waals surface area (Å²) in [7, 11) is 1.76.